The van der Waals surface area contributed by atoms with Crippen molar-refractivity contribution in [2.45, 2.75) is 25.7 Å². The predicted molar refractivity (Wildman–Crippen MR) is 80.5 cm³/mol. The third-order valence-electron chi connectivity index (χ3n) is 3.75. The second kappa shape index (κ2) is 4.36. The number of pyridine rings is 1. The Morgan fingerprint density at radius 1 is 1.43 bits per heavy atom. The van der Waals surface area contributed by atoms with Gasteiger partial charge in [-0.05, 0) is 43.4 Å². The van der Waals surface area contributed by atoms with Crippen molar-refractivity contribution in [3.8, 4) is 0 Å². The second-order valence-electron chi connectivity index (χ2n) is 5.30. The van der Waals surface area contributed by atoms with Gasteiger partial charge in [0.15, 0.2) is 11.5 Å². The molecule has 2 N–H and O–H groups in total. The van der Waals surface area contributed by atoms with E-state index in [1.165, 1.54) is 16.2 Å². The van der Waals surface area contributed by atoms with Crippen LogP contribution in [0.2, 0.25) is 0 Å². The normalized spacial score (nSPS) is 14.7. The van der Waals surface area contributed by atoms with Crippen LogP contribution in [0.25, 0.3) is 11.0 Å². The number of nitrogens with two attached hydrogens (primary N) is 1. The first-order valence-electron chi connectivity index (χ1n) is 6.76. The standard InChI is InChI=1S/C14H13N5OS/c1-7-10(6-21-18-7)14(20)19-13-9(12(15)17-19)4-5-11(16-13)8-2-3-8/h4-6,8H,2-3H2,1H3,(H2,15,17). The lowest BCUT2D eigenvalue weighted by Gasteiger charge is -2.02. The Balaban J connectivity index is 1.89. The average Bonchev–Trinajstić information content (AvgIpc) is 3.17. The smallest absolute Gasteiger partial charge is 0.282 e. The summed E-state index contributed by atoms with van der Waals surface area (Å²) in [4.78, 5) is 17.2. The summed E-state index contributed by atoms with van der Waals surface area (Å²) in [5.41, 5.74) is 8.70. The number of hydrogen-bond donors (Lipinski definition) is 1. The van der Waals surface area contributed by atoms with Gasteiger partial charge in [0.2, 0.25) is 0 Å². The molecule has 0 saturated heterocycles. The molecule has 7 heteroatoms. The predicted octanol–water partition coefficient (Wildman–Crippen LogP) is 2.34. The lowest BCUT2D eigenvalue weighted by molar-refractivity contribution is 0.0950. The molecule has 6 nitrogen and oxygen atoms in total. The molecular weight excluding hydrogens is 286 g/mol. The highest BCUT2D eigenvalue weighted by atomic mass is 32.1. The molecule has 3 aromatic heterocycles. The zero-order valence-electron chi connectivity index (χ0n) is 11.4. The highest BCUT2D eigenvalue weighted by molar-refractivity contribution is 7.03. The Morgan fingerprint density at radius 2 is 2.24 bits per heavy atom. The summed E-state index contributed by atoms with van der Waals surface area (Å²) in [5.74, 6) is 0.607. The van der Waals surface area contributed by atoms with Crippen LogP contribution in [0.15, 0.2) is 17.5 Å². The number of nitrogen functional groups attached to an aromatic ring is 1. The van der Waals surface area contributed by atoms with Crippen molar-refractivity contribution in [2.24, 2.45) is 0 Å². The molecule has 1 aliphatic rings. The zero-order valence-corrected chi connectivity index (χ0v) is 12.2. The maximum absolute atomic E-state index is 12.6. The van der Waals surface area contributed by atoms with E-state index in [1.54, 1.807) is 5.38 Å². The fourth-order valence-electron chi connectivity index (χ4n) is 2.39. The van der Waals surface area contributed by atoms with Gasteiger partial charge in [0.25, 0.3) is 5.91 Å². The molecule has 21 heavy (non-hydrogen) atoms. The molecule has 1 saturated carbocycles. The summed E-state index contributed by atoms with van der Waals surface area (Å²) in [6.45, 7) is 1.81. The number of aryl methyl sites for hydroxylation is 1. The lowest BCUT2D eigenvalue weighted by Crippen LogP contribution is -2.15. The van der Waals surface area contributed by atoms with Crippen LogP contribution in [0.5, 0.6) is 0 Å². The fraction of sp³-hybridized carbons (Fsp3) is 0.286. The summed E-state index contributed by atoms with van der Waals surface area (Å²) in [5, 5.41) is 6.61. The van der Waals surface area contributed by atoms with Gasteiger partial charge in [0, 0.05) is 17.0 Å². The molecule has 0 unspecified atom stereocenters. The quantitative estimate of drug-likeness (QED) is 0.785. The maximum atomic E-state index is 12.6. The molecule has 3 aromatic rings. The minimum absolute atomic E-state index is 0.233. The molecule has 0 spiro atoms. The van der Waals surface area contributed by atoms with Crippen LogP contribution in [-0.4, -0.2) is 25.0 Å². The van der Waals surface area contributed by atoms with Gasteiger partial charge in [-0.3, -0.25) is 4.79 Å². The van der Waals surface area contributed by atoms with Gasteiger partial charge < -0.3 is 5.73 Å². The van der Waals surface area contributed by atoms with E-state index in [2.05, 4.69) is 14.5 Å². The van der Waals surface area contributed by atoms with Gasteiger partial charge in [-0.1, -0.05) is 0 Å². The van der Waals surface area contributed by atoms with Crippen LogP contribution < -0.4 is 5.73 Å². The van der Waals surface area contributed by atoms with Crippen LogP contribution in [0, 0.1) is 6.92 Å². The molecule has 0 radical (unpaired) electrons. The number of nitrogens with zero attached hydrogens (tertiary/aromatic N) is 4. The SMILES string of the molecule is Cc1nscc1C(=O)n1nc(N)c2ccc(C3CC3)nc21. The number of aromatic nitrogens is 4. The minimum atomic E-state index is -0.233. The van der Waals surface area contributed by atoms with Gasteiger partial charge >= 0.3 is 0 Å². The van der Waals surface area contributed by atoms with E-state index in [0.29, 0.717) is 34.0 Å². The summed E-state index contributed by atoms with van der Waals surface area (Å²) in [6, 6.07) is 3.88. The van der Waals surface area contributed by atoms with Gasteiger partial charge in [-0.2, -0.15) is 9.06 Å². The van der Waals surface area contributed by atoms with E-state index in [0.717, 1.165) is 18.5 Å². The number of hydrogen-bond acceptors (Lipinski definition) is 6. The van der Waals surface area contributed by atoms with E-state index >= 15 is 0 Å². The van der Waals surface area contributed by atoms with E-state index in [-0.39, 0.29) is 5.91 Å². The number of fused-ring (bicyclic) bond motifs is 1. The van der Waals surface area contributed by atoms with E-state index in [4.69, 9.17) is 5.73 Å². The van der Waals surface area contributed by atoms with Crippen molar-refractivity contribution in [3.63, 3.8) is 0 Å². The Labute approximate surface area is 124 Å². The lowest BCUT2D eigenvalue weighted by atomic mass is 10.2. The summed E-state index contributed by atoms with van der Waals surface area (Å²) >= 11 is 1.26. The van der Waals surface area contributed by atoms with E-state index in [1.807, 2.05) is 19.1 Å². The van der Waals surface area contributed by atoms with Crippen LogP contribution in [0.1, 0.15) is 40.5 Å². The summed E-state index contributed by atoms with van der Waals surface area (Å²) < 4.78 is 5.43. The Hall–Kier alpha value is -2.28. The summed E-state index contributed by atoms with van der Waals surface area (Å²) in [6.07, 6.45) is 2.31. The molecule has 0 bridgehead atoms. The molecule has 0 aliphatic heterocycles. The number of rotatable bonds is 2. The second-order valence-corrected chi connectivity index (χ2v) is 5.93. The van der Waals surface area contributed by atoms with Gasteiger partial charge in [0.1, 0.15) is 0 Å². The molecule has 3 heterocycles. The topological polar surface area (TPSA) is 86.7 Å². The molecular formula is C14H13N5OS. The molecule has 0 atom stereocenters. The van der Waals surface area contributed by atoms with Crippen LogP contribution in [0.3, 0.4) is 0 Å². The Kier molecular flexibility index (Phi) is 2.58. The average molecular weight is 299 g/mol. The van der Waals surface area contributed by atoms with Crippen molar-refractivity contribution < 1.29 is 4.79 Å². The third-order valence-corrected chi connectivity index (χ3v) is 4.47. The van der Waals surface area contributed by atoms with Gasteiger partial charge in [-0.25, -0.2) is 4.98 Å². The summed E-state index contributed by atoms with van der Waals surface area (Å²) in [7, 11) is 0. The Bertz CT molecular complexity index is 862. The monoisotopic (exact) mass is 299 g/mol. The molecule has 0 amide bonds. The highest BCUT2D eigenvalue weighted by Crippen LogP contribution is 2.39. The van der Waals surface area contributed by atoms with Crippen molar-refractivity contribution in [1.82, 2.24) is 19.1 Å². The van der Waals surface area contributed by atoms with Crippen LogP contribution >= 0.6 is 11.5 Å². The fourth-order valence-corrected chi connectivity index (χ4v) is 3.08. The number of carbonyl (C=O) groups is 1. The Morgan fingerprint density at radius 3 is 2.90 bits per heavy atom. The molecule has 106 valence electrons. The maximum Gasteiger partial charge on any atom is 0.282 e. The molecule has 1 fully saturated rings. The van der Waals surface area contributed by atoms with Crippen LogP contribution in [0.4, 0.5) is 5.82 Å². The molecule has 0 aromatic carbocycles. The third kappa shape index (κ3) is 1.92. The van der Waals surface area contributed by atoms with E-state index in [9.17, 15) is 4.79 Å². The first kappa shape index (κ1) is 12.5. The first-order chi connectivity index (χ1) is 10.1. The van der Waals surface area contributed by atoms with Crippen molar-refractivity contribution >= 4 is 34.3 Å². The van der Waals surface area contributed by atoms with Crippen LogP contribution in [-0.2, 0) is 0 Å². The number of anilines is 1. The van der Waals surface area contributed by atoms with Crippen molar-refractivity contribution in [3.05, 3.63) is 34.5 Å². The van der Waals surface area contributed by atoms with Gasteiger partial charge in [-0.15, -0.1) is 5.10 Å². The first-order valence-corrected chi connectivity index (χ1v) is 7.59. The zero-order chi connectivity index (χ0) is 14.6. The number of carbonyl (C=O) groups excluding carboxylic acids is 1. The van der Waals surface area contributed by atoms with E-state index < -0.39 is 0 Å². The van der Waals surface area contributed by atoms with Gasteiger partial charge in [0.05, 0.1) is 16.6 Å². The molecule has 1 aliphatic carbocycles. The van der Waals surface area contributed by atoms with Crippen molar-refractivity contribution in [1.29, 1.82) is 0 Å². The minimum Gasteiger partial charge on any atom is -0.382 e. The molecule has 4 rings (SSSR count). The van der Waals surface area contributed by atoms with Crippen molar-refractivity contribution in [2.75, 3.05) is 5.73 Å². The largest absolute Gasteiger partial charge is 0.382 e. The highest BCUT2D eigenvalue weighted by Gasteiger charge is 2.27.